The van der Waals surface area contributed by atoms with Gasteiger partial charge in [-0.25, -0.2) is 13.4 Å². The van der Waals surface area contributed by atoms with E-state index in [0.29, 0.717) is 13.1 Å². The Morgan fingerprint density at radius 1 is 1.47 bits per heavy atom. The van der Waals surface area contributed by atoms with Gasteiger partial charge in [-0.2, -0.15) is 4.31 Å². The first kappa shape index (κ1) is 12.5. The Balaban J connectivity index is 2.26. The predicted molar refractivity (Wildman–Crippen MR) is 64.9 cm³/mol. The van der Waals surface area contributed by atoms with Gasteiger partial charge in [-0.05, 0) is 31.4 Å². The Bertz CT molecular complexity index is 484. The predicted octanol–water partition coefficient (Wildman–Crippen LogP) is 0.502. The third-order valence-electron chi connectivity index (χ3n) is 2.91. The van der Waals surface area contributed by atoms with Crippen molar-refractivity contribution < 1.29 is 8.42 Å². The molecule has 2 heterocycles. The summed E-state index contributed by atoms with van der Waals surface area (Å²) in [6, 6.07) is 3.23. The fraction of sp³-hybridized carbons (Fsp3) is 0.545. The van der Waals surface area contributed by atoms with Gasteiger partial charge in [-0.15, -0.1) is 0 Å². The number of sulfonamides is 1. The molecule has 0 radical (unpaired) electrons. The first-order valence-electron chi connectivity index (χ1n) is 5.68. The highest BCUT2D eigenvalue weighted by Gasteiger charge is 2.29. The number of nitrogens with zero attached hydrogens (tertiary/aromatic N) is 2. The third kappa shape index (κ3) is 2.65. The van der Waals surface area contributed by atoms with E-state index in [1.165, 1.54) is 4.31 Å². The van der Waals surface area contributed by atoms with Crippen LogP contribution >= 0.6 is 0 Å². The zero-order chi connectivity index (χ0) is 12.5. The van der Waals surface area contributed by atoms with Crippen molar-refractivity contribution in [2.75, 3.05) is 13.1 Å². The second-order valence-electron chi connectivity index (χ2n) is 4.44. The minimum Gasteiger partial charge on any atom is -0.327 e. The van der Waals surface area contributed by atoms with Gasteiger partial charge < -0.3 is 5.73 Å². The molecular weight excluding hydrogens is 238 g/mol. The molecule has 1 aromatic heterocycles. The first-order valence-corrected chi connectivity index (χ1v) is 7.12. The highest BCUT2D eigenvalue weighted by atomic mass is 32.2. The molecule has 2 N–H and O–H groups in total. The summed E-state index contributed by atoms with van der Waals surface area (Å²) < 4.78 is 25.9. The maximum atomic E-state index is 12.3. The molecule has 5 nitrogen and oxygen atoms in total. The molecule has 0 bridgehead atoms. The van der Waals surface area contributed by atoms with Gasteiger partial charge in [0.1, 0.15) is 0 Å². The number of piperidine rings is 1. The zero-order valence-electron chi connectivity index (χ0n) is 9.83. The molecule has 1 saturated heterocycles. The molecule has 1 aliphatic heterocycles. The van der Waals surface area contributed by atoms with Gasteiger partial charge in [0.2, 0.25) is 0 Å². The number of hydrogen-bond acceptors (Lipinski definition) is 4. The van der Waals surface area contributed by atoms with Crippen molar-refractivity contribution in [1.29, 1.82) is 0 Å². The summed E-state index contributed by atoms with van der Waals surface area (Å²) in [5, 5.41) is 0.109. The maximum Gasteiger partial charge on any atom is 0.260 e. The van der Waals surface area contributed by atoms with E-state index in [-0.39, 0.29) is 11.1 Å². The second kappa shape index (κ2) is 4.72. The van der Waals surface area contributed by atoms with Crippen LogP contribution in [0.4, 0.5) is 0 Å². The summed E-state index contributed by atoms with van der Waals surface area (Å²) in [6.07, 6.45) is 3.26. The zero-order valence-corrected chi connectivity index (χ0v) is 10.7. The molecule has 0 spiro atoms. The van der Waals surface area contributed by atoms with Crippen molar-refractivity contribution in [1.82, 2.24) is 9.29 Å². The Hall–Kier alpha value is -0.980. The van der Waals surface area contributed by atoms with Crippen molar-refractivity contribution in [2.45, 2.75) is 30.8 Å². The van der Waals surface area contributed by atoms with Crippen LogP contribution in [0.15, 0.2) is 23.4 Å². The number of hydrogen-bond donors (Lipinski definition) is 1. The van der Waals surface area contributed by atoms with E-state index in [4.69, 9.17) is 5.73 Å². The second-order valence-corrected chi connectivity index (χ2v) is 6.32. The Kier molecular flexibility index (Phi) is 3.46. The normalized spacial score (nSPS) is 22.6. The average molecular weight is 255 g/mol. The highest BCUT2D eigenvalue weighted by Crippen LogP contribution is 2.18. The Morgan fingerprint density at radius 2 is 2.24 bits per heavy atom. The number of pyridine rings is 1. The first-order chi connectivity index (χ1) is 8.00. The summed E-state index contributed by atoms with van der Waals surface area (Å²) in [5.74, 6) is 0. The molecule has 1 aromatic rings. The summed E-state index contributed by atoms with van der Waals surface area (Å²) in [6.45, 7) is 2.80. The van der Waals surface area contributed by atoms with Crippen molar-refractivity contribution >= 4 is 10.0 Å². The van der Waals surface area contributed by atoms with Crippen LogP contribution in [0.1, 0.15) is 18.4 Å². The molecule has 17 heavy (non-hydrogen) atoms. The number of aryl methyl sites for hydroxylation is 1. The topological polar surface area (TPSA) is 76.3 Å². The van der Waals surface area contributed by atoms with E-state index in [9.17, 15) is 8.42 Å². The van der Waals surface area contributed by atoms with E-state index < -0.39 is 10.0 Å². The molecule has 0 aliphatic carbocycles. The molecule has 0 saturated carbocycles. The summed E-state index contributed by atoms with van der Waals surface area (Å²) in [5.41, 5.74) is 6.74. The van der Waals surface area contributed by atoms with Gasteiger partial charge in [-0.3, -0.25) is 0 Å². The van der Waals surface area contributed by atoms with Crippen molar-refractivity contribution in [3.8, 4) is 0 Å². The molecule has 1 aliphatic rings. The van der Waals surface area contributed by atoms with Gasteiger partial charge in [0.25, 0.3) is 10.0 Å². The SMILES string of the molecule is Cc1ccc(S(=O)(=O)N2CCC[C@H](N)C2)nc1. The largest absolute Gasteiger partial charge is 0.327 e. The molecule has 6 heteroatoms. The molecule has 2 rings (SSSR count). The number of nitrogens with two attached hydrogens (primary N) is 1. The molecule has 1 atom stereocenters. The van der Waals surface area contributed by atoms with E-state index in [0.717, 1.165) is 18.4 Å². The maximum absolute atomic E-state index is 12.3. The molecule has 94 valence electrons. The lowest BCUT2D eigenvalue weighted by Gasteiger charge is -2.29. The Morgan fingerprint density at radius 3 is 2.82 bits per heavy atom. The van der Waals surface area contributed by atoms with Gasteiger partial charge in [0.05, 0.1) is 0 Å². The fourth-order valence-corrected chi connectivity index (χ4v) is 3.38. The lowest BCUT2D eigenvalue weighted by atomic mass is 10.1. The van der Waals surface area contributed by atoms with Crippen LogP contribution in [0.25, 0.3) is 0 Å². The van der Waals surface area contributed by atoms with Crippen molar-refractivity contribution in [2.24, 2.45) is 5.73 Å². The third-order valence-corrected chi connectivity index (χ3v) is 4.69. The standard InChI is InChI=1S/C11H17N3O2S/c1-9-4-5-11(13-7-9)17(15,16)14-6-2-3-10(12)8-14/h4-5,7,10H,2-3,6,8,12H2,1H3/t10-/m0/s1. The van der Waals surface area contributed by atoms with Gasteiger partial charge >= 0.3 is 0 Å². The lowest BCUT2D eigenvalue weighted by molar-refractivity contribution is 0.315. The van der Waals surface area contributed by atoms with E-state index in [1.54, 1.807) is 18.3 Å². The minimum absolute atomic E-state index is 0.0658. The average Bonchev–Trinajstić information content (AvgIpc) is 2.29. The van der Waals surface area contributed by atoms with Crippen molar-refractivity contribution in [3.05, 3.63) is 23.9 Å². The summed E-state index contributed by atoms with van der Waals surface area (Å²) in [4.78, 5) is 3.98. The highest BCUT2D eigenvalue weighted by molar-refractivity contribution is 7.89. The van der Waals surface area contributed by atoms with Crippen LogP contribution in [0.5, 0.6) is 0 Å². The Labute approximate surface area is 102 Å². The van der Waals surface area contributed by atoms with Gasteiger partial charge in [0.15, 0.2) is 5.03 Å². The number of aromatic nitrogens is 1. The van der Waals surface area contributed by atoms with Crippen LogP contribution in [-0.2, 0) is 10.0 Å². The van der Waals surface area contributed by atoms with Crippen LogP contribution < -0.4 is 5.73 Å². The molecular formula is C11H17N3O2S. The van der Waals surface area contributed by atoms with E-state index in [1.807, 2.05) is 6.92 Å². The molecule has 0 unspecified atom stereocenters. The van der Waals surface area contributed by atoms with Gasteiger partial charge in [-0.1, -0.05) is 6.07 Å². The van der Waals surface area contributed by atoms with E-state index >= 15 is 0 Å². The molecule has 0 aromatic carbocycles. The molecule has 0 amide bonds. The monoisotopic (exact) mass is 255 g/mol. The number of rotatable bonds is 2. The van der Waals surface area contributed by atoms with Gasteiger partial charge in [0, 0.05) is 25.3 Å². The quantitative estimate of drug-likeness (QED) is 0.835. The summed E-state index contributed by atoms with van der Waals surface area (Å²) >= 11 is 0. The molecule has 1 fully saturated rings. The summed E-state index contributed by atoms with van der Waals surface area (Å²) in [7, 11) is -3.47. The van der Waals surface area contributed by atoms with E-state index in [2.05, 4.69) is 4.98 Å². The van der Waals surface area contributed by atoms with Crippen LogP contribution in [-0.4, -0.2) is 36.8 Å². The van der Waals surface area contributed by atoms with Crippen LogP contribution in [0.2, 0.25) is 0 Å². The fourth-order valence-electron chi connectivity index (χ4n) is 1.93. The van der Waals surface area contributed by atoms with Crippen LogP contribution in [0, 0.1) is 6.92 Å². The minimum atomic E-state index is -3.47. The van der Waals surface area contributed by atoms with Crippen molar-refractivity contribution in [3.63, 3.8) is 0 Å². The smallest absolute Gasteiger partial charge is 0.260 e. The van der Waals surface area contributed by atoms with Crippen LogP contribution in [0.3, 0.4) is 0 Å². The lowest BCUT2D eigenvalue weighted by Crippen LogP contribution is -2.45.